The van der Waals surface area contributed by atoms with Crippen molar-refractivity contribution in [3.63, 3.8) is 0 Å². The van der Waals surface area contributed by atoms with E-state index in [2.05, 4.69) is 20.9 Å². The molecule has 3 heteroatoms. The van der Waals surface area contributed by atoms with E-state index >= 15 is 0 Å². The predicted molar refractivity (Wildman–Crippen MR) is 51.7 cm³/mol. The van der Waals surface area contributed by atoms with E-state index in [0.29, 0.717) is 0 Å². The molecule has 1 heterocycles. The summed E-state index contributed by atoms with van der Waals surface area (Å²) in [5.74, 6) is 0.235. The van der Waals surface area contributed by atoms with Gasteiger partial charge in [0.05, 0.1) is 6.10 Å². The molecule has 66 valence electrons. The van der Waals surface area contributed by atoms with E-state index in [4.69, 9.17) is 0 Å². The summed E-state index contributed by atoms with van der Waals surface area (Å²) in [6, 6.07) is 3.67. The van der Waals surface area contributed by atoms with Crippen LogP contribution >= 0.6 is 15.9 Å². The van der Waals surface area contributed by atoms with Crippen molar-refractivity contribution in [3.05, 3.63) is 28.5 Å². The molecule has 1 atom stereocenters. The van der Waals surface area contributed by atoms with Crippen LogP contribution in [0.1, 0.15) is 25.5 Å². The molecule has 0 saturated carbocycles. The van der Waals surface area contributed by atoms with E-state index < -0.39 is 6.10 Å². The Morgan fingerprint density at radius 3 is 2.67 bits per heavy atom. The normalized spacial score (nSPS) is 13.4. The first-order valence-electron chi connectivity index (χ1n) is 3.91. The summed E-state index contributed by atoms with van der Waals surface area (Å²) in [6.45, 7) is 3.97. The van der Waals surface area contributed by atoms with Crippen molar-refractivity contribution in [2.24, 2.45) is 5.92 Å². The second-order valence-electron chi connectivity index (χ2n) is 3.10. The molecular weight excluding hydrogens is 218 g/mol. The molecule has 0 saturated heterocycles. The standard InChI is InChI=1S/C9H12BrNO/c1-6(2)9(12)7-3-4-11-8(10)5-7/h3-6,9,12H,1-2H3. The van der Waals surface area contributed by atoms with Gasteiger partial charge in [0.2, 0.25) is 0 Å². The van der Waals surface area contributed by atoms with Crippen molar-refractivity contribution in [1.82, 2.24) is 4.98 Å². The first-order chi connectivity index (χ1) is 5.61. The van der Waals surface area contributed by atoms with Gasteiger partial charge in [-0.05, 0) is 39.5 Å². The second kappa shape index (κ2) is 4.01. The van der Waals surface area contributed by atoms with E-state index in [9.17, 15) is 5.11 Å². The van der Waals surface area contributed by atoms with Gasteiger partial charge in [-0.2, -0.15) is 0 Å². The monoisotopic (exact) mass is 229 g/mol. The minimum atomic E-state index is -0.399. The first kappa shape index (κ1) is 9.68. The number of aliphatic hydroxyl groups excluding tert-OH is 1. The Kier molecular flexibility index (Phi) is 3.23. The van der Waals surface area contributed by atoms with Gasteiger partial charge in [0, 0.05) is 6.20 Å². The van der Waals surface area contributed by atoms with Crippen molar-refractivity contribution < 1.29 is 5.11 Å². The maximum Gasteiger partial charge on any atom is 0.106 e. The van der Waals surface area contributed by atoms with E-state index in [1.165, 1.54) is 0 Å². The highest BCUT2D eigenvalue weighted by molar-refractivity contribution is 9.10. The number of hydrogen-bond acceptors (Lipinski definition) is 2. The molecule has 1 unspecified atom stereocenters. The zero-order valence-electron chi connectivity index (χ0n) is 7.16. The number of pyridine rings is 1. The van der Waals surface area contributed by atoms with Crippen molar-refractivity contribution in [1.29, 1.82) is 0 Å². The van der Waals surface area contributed by atoms with Crippen molar-refractivity contribution in [2.45, 2.75) is 20.0 Å². The first-order valence-corrected chi connectivity index (χ1v) is 4.70. The molecule has 2 nitrogen and oxygen atoms in total. The van der Waals surface area contributed by atoms with Gasteiger partial charge >= 0.3 is 0 Å². The zero-order chi connectivity index (χ0) is 9.14. The van der Waals surface area contributed by atoms with Crippen LogP contribution in [0.25, 0.3) is 0 Å². The van der Waals surface area contributed by atoms with Gasteiger partial charge in [-0.25, -0.2) is 4.98 Å². The van der Waals surface area contributed by atoms with Crippen LogP contribution in [-0.2, 0) is 0 Å². The summed E-state index contributed by atoms with van der Waals surface area (Å²) in [4.78, 5) is 3.99. The van der Waals surface area contributed by atoms with Crippen molar-refractivity contribution >= 4 is 15.9 Å². The molecule has 12 heavy (non-hydrogen) atoms. The molecule has 0 aliphatic heterocycles. The van der Waals surface area contributed by atoms with E-state index in [0.717, 1.165) is 10.2 Å². The smallest absolute Gasteiger partial charge is 0.106 e. The number of hydrogen-bond donors (Lipinski definition) is 1. The van der Waals surface area contributed by atoms with Crippen LogP contribution in [0, 0.1) is 5.92 Å². The van der Waals surface area contributed by atoms with Gasteiger partial charge in [-0.15, -0.1) is 0 Å². The summed E-state index contributed by atoms with van der Waals surface area (Å²) in [5, 5.41) is 9.67. The Morgan fingerprint density at radius 2 is 2.17 bits per heavy atom. The van der Waals surface area contributed by atoms with Crippen molar-refractivity contribution in [2.75, 3.05) is 0 Å². The van der Waals surface area contributed by atoms with Crippen LogP contribution in [0.4, 0.5) is 0 Å². The molecule has 0 spiro atoms. The van der Waals surface area contributed by atoms with Crippen LogP contribution in [0.2, 0.25) is 0 Å². The second-order valence-corrected chi connectivity index (χ2v) is 3.91. The predicted octanol–water partition coefficient (Wildman–Crippen LogP) is 2.53. The fourth-order valence-electron chi connectivity index (χ4n) is 0.986. The SMILES string of the molecule is CC(C)C(O)c1ccnc(Br)c1. The van der Waals surface area contributed by atoms with Gasteiger partial charge in [-0.1, -0.05) is 13.8 Å². The van der Waals surface area contributed by atoms with Gasteiger partial charge in [0.1, 0.15) is 4.60 Å². The summed E-state index contributed by atoms with van der Waals surface area (Å²) >= 11 is 3.26. The van der Waals surface area contributed by atoms with Gasteiger partial charge in [-0.3, -0.25) is 0 Å². The highest BCUT2D eigenvalue weighted by atomic mass is 79.9. The van der Waals surface area contributed by atoms with E-state index in [1.54, 1.807) is 6.20 Å². The van der Waals surface area contributed by atoms with Crippen LogP contribution in [0.15, 0.2) is 22.9 Å². The molecule has 0 aliphatic rings. The Bertz CT molecular complexity index is 262. The molecule has 1 aromatic rings. The summed E-state index contributed by atoms with van der Waals surface area (Å²) in [6.07, 6.45) is 1.29. The lowest BCUT2D eigenvalue weighted by molar-refractivity contribution is 0.127. The maximum absolute atomic E-state index is 9.67. The molecule has 0 bridgehead atoms. The fraction of sp³-hybridized carbons (Fsp3) is 0.444. The topological polar surface area (TPSA) is 33.1 Å². The molecule has 0 radical (unpaired) electrons. The van der Waals surface area contributed by atoms with Crippen molar-refractivity contribution in [3.8, 4) is 0 Å². The molecule has 1 N–H and O–H groups in total. The molecule has 0 amide bonds. The Labute approximate surface area is 80.8 Å². The Balaban J connectivity index is 2.88. The third-order valence-electron chi connectivity index (χ3n) is 1.72. The van der Waals surface area contributed by atoms with Gasteiger partial charge in [0.15, 0.2) is 0 Å². The average molecular weight is 230 g/mol. The lowest BCUT2D eigenvalue weighted by Gasteiger charge is -2.14. The molecule has 0 fully saturated rings. The summed E-state index contributed by atoms with van der Waals surface area (Å²) < 4.78 is 0.764. The van der Waals surface area contributed by atoms with Crippen LogP contribution in [-0.4, -0.2) is 10.1 Å². The Morgan fingerprint density at radius 1 is 1.50 bits per heavy atom. The number of aliphatic hydroxyl groups is 1. The lowest BCUT2D eigenvalue weighted by Crippen LogP contribution is -2.05. The van der Waals surface area contributed by atoms with Gasteiger partial charge in [0.25, 0.3) is 0 Å². The lowest BCUT2D eigenvalue weighted by atomic mass is 10.0. The average Bonchev–Trinajstić information content (AvgIpc) is 2.03. The zero-order valence-corrected chi connectivity index (χ0v) is 8.75. The molecule has 0 aromatic carbocycles. The summed E-state index contributed by atoms with van der Waals surface area (Å²) in [5.41, 5.74) is 0.909. The molecule has 0 aliphatic carbocycles. The van der Waals surface area contributed by atoms with Crippen LogP contribution in [0.3, 0.4) is 0 Å². The third-order valence-corrected chi connectivity index (χ3v) is 2.16. The molecular formula is C9H12BrNO. The minimum absolute atomic E-state index is 0.235. The number of rotatable bonds is 2. The Hall–Kier alpha value is -0.410. The quantitative estimate of drug-likeness (QED) is 0.792. The highest BCUT2D eigenvalue weighted by Crippen LogP contribution is 2.22. The minimum Gasteiger partial charge on any atom is -0.388 e. The maximum atomic E-state index is 9.67. The van der Waals surface area contributed by atoms with Crippen LogP contribution in [0.5, 0.6) is 0 Å². The largest absolute Gasteiger partial charge is 0.388 e. The highest BCUT2D eigenvalue weighted by Gasteiger charge is 2.11. The van der Waals surface area contributed by atoms with E-state index in [-0.39, 0.29) is 5.92 Å². The van der Waals surface area contributed by atoms with Crippen LogP contribution < -0.4 is 0 Å². The molecule has 1 rings (SSSR count). The van der Waals surface area contributed by atoms with E-state index in [1.807, 2.05) is 26.0 Å². The van der Waals surface area contributed by atoms with Gasteiger partial charge < -0.3 is 5.11 Å². The number of nitrogens with zero attached hydrogens (tertiary/aromatic N) is 1. The number of aromatic nitrogens is 1. The number of halogens is 1. The molecule has 1 aromatic heterocycles. The summed E-state index contributed by atoms with van der Waals surface area (Å²) in [7, 11) is 0. The third kappa shape index (κ3) is 2.29. The fourth-order valence-corrected chi connectivity index (χ4v) is 1.37.